The van der Waals surface area contributed by atoms with E-state index in [1.54, 1.807) is 7.11 Å². The Morgan fingerprint density at radius 1 is 1.21 bits per heavy atom. The molecule has 1 aliphatic carbocycles. The largest absolute Gasteiger partial charge is 0.497 e. The molecule has 3 rings (SSSR count). The molecule has 0 amide bonds. The monoisotopic (exact) mass is 255 g/mol. The van der Waals surface area contributed by atoms with Crippen molar-refractivity contribution in [2.45, 2.75) is 18.8 Å². The molecule has 19 heavy (non-hydrogen) atoms. The second-order valence-electron chi connectivity index (χ2n) is 4.76. The Labute approximate surface area is 112 Å². The molecule has 0 atom stereocenters. The van der Waals surface area contributed by atoms with Gasteiger partial charge in [-0.2, -0.15) is 0 Å². The Kier molecular flexibility index (Phi) is 3.07. The second-order valence-corrected chi connectivity index (χ2v) is 4.76. The molecule has 0 radical (unpaired) electrons. The Morgan fingerprint density at radius 3 is 2.74 bits per heavy atom. The standard InChI is InChI=1S/C15H17N3O/c1-16-14-9-13(10-6-7-10)17-15(18-14)11-4-3-5-12(8-11)19-2/h3-5,8-10H,6-7H2,1-2H3,(H,16,17,18). The van der Waals surface area contributed by atoms with E-state index in [9.17, 15) is 0 Å². The molecule has 0 aliphatic heterocycles. The smallest absolute Gasteiger partial charge is 0.161 e. The van der Waals surface area contributed by atoms with Crippen molar-refractivity contribution in [3.63, 3.8) is 0 Å². The third-order valence-electron chi connectivity index (χ3n) is 3.33. The van der Waals surface area contributed by atoms with Crippen molar-refractivity contribution >= 4 is 5.82 Å². The van der Waals surface area contributed by atoms with Crippen LogP contribution in [0.1, 0.15) is 24.5 Å². The van der Waals surface area contributed by atoms with Crippen molar-refractivity contribution in [3.05, 3.63) is 36.0 Å². The van der Waals surface area contributed by atoms with Gasteiger partial charge in [-0.05, 0) is 25.0 Å². The highest BCUT2D eigenvalue weighted by atomic mass is 16.5. The first kappa shape index (κ1) is 12.0. The van der Waals surface area contributed by atoms with Gasteiger partial charge >= 0.3 is 0 Å². The van der Waals surface area contributed by atoms with Crippen molar-refractivity contribution in [1.82, 2.24) is 9.97 Å². The topological polar surface area (TPSA) is 47.0 Å². The van der Waals surface area contributed by atoms with Gasteiger partial charge in [0.2, 0.25) is 0 Å². The van der Waals surface area contributed by atoms with Gasteiger partial charge in [-0.3, -0.25) is 0 Å². The highest BCUT2D eigenvalue weighted by Crippen LogP contribution is 2.40. The normalized spacial score (nSPS) is 14.2. The molecule has 1 saturated carbocycles. The van der Waals surface area contributed by atoms with E-state index in [-0.39, 0.29) is 0 Å². The van der Waals surface area contributed by atoms with Crippen molar-refractivity contribution in [2.75, 3.05) is 19.5 Å². The predicted octanol–water partition coefficient (Wildman–Crippen LogP) is 3.07. The molecule has 98 valence electrons. The molecule has 2 aromatic rings. The van der Waals surface area contributed by atoms with E-state index in [1.807, 2.05) is 37.4 Å². The highest BCUT2D eigenvalue weighted by molar-refractivity contribution is 5.60. The summed E-state index contributed by atoms with van der Waals surface area (Å²) in [6, 6.07) is 9.90. The van der Waals surface area contributed by atoms with Gasteiger partial charge in [0, 0.05) is 30.3 Å². The predicted molar refractivity (Wildman–Crippen MR) is 75.5 cm³/mol. The van der Waals surface area contributed by atoms with Crippen LogP contribution < -0.4 is 10.1 Å². The molecular weight excluding hydrogens is 238 g/mol. The summed E-state index contributed by atoms with van der Waals surface area (Å²) in [5.41, 5.74) is 2.12. The van der Waals surface area contributed by atoms with Crippen LogP contribution >= 0.6 is 0 Å². The first-order valence-electron chi connectivity index (χ1n) is 6.51. The number of ether oxygens (including phenoxy) is 1. The minimum Gasteiger partial charge on any atom is -0.497 e. The summed E-state index contributed by atoms with van der Waals surface area (Å²) < 4.78 is 5.25. The van der Waals surface area contributed by atoms with Gasteiger partial charge < -0.3 is 10.1 Å². The van der Waals surface area contributed by atoms with Gasteiger partial charge in [-0.1, -0.05) is 12.1 Å². The second kappa shape index (κ2) is 4.88. The summed E-state index contributed by atoms with van der Waals surface area (Å²) in [7, 11) is 3.55. The van der Waals surface area contributed by atoms with E-state index in [4.69, 9.17) is 4.74 Å². The number of hydrogen-bond acceptors (Lipinski definition) is 4. The molecule has 1 fully saturated rings. The van der Waals surface area contributed by atoms with Crippen molar-refractivity contribution in [1.29, 1.82) is 0 Å². The number of nitrogens with zero attached hydrogens (tertiary/aromatic N) is 2. The average molecular weight is 255 g/mol. The molecule has 0 saturated heterocycles. The highest BCUT2D eigenvalue weighted by Gasteiger charge is 2.26. The van der Waals surface area contributed by atoms with E-state index in [1.165, 1.54) is 12.8 Å². The van der Waals surface area contributed by atoms with Crippen LogP contribution in [-0.4, -0.2) is 24.1 Å². The Bertz CT molecular complexity index is 594. The first-order chi connectivity index (χ1) is 9.30. The Balaban J connectivity index is 2.04. The Hall–Kier alpha value is -2.10. The number of hydrogen-bond donors (Lipinski definition) is 1. The lowest BCUT2D eigenvalue weighted by Crippen LogP contribution is -2.00. The molecule has 1 N–H and O–H groups in total. The fourth-order valence-electron chi connectivity index (χ4n) is 2.07. The van der Waals surface area contributed by atoms with Gasteiger partial charge in [0.1, 0.15) is 11.6 Å². The zero-order valence-corrected chi connectivity index (χ0v) is 11.2. The van der Waals surface area contributed by atoms with Crippen LogP contribution in [0.4, 0.5) is 5.82 Å². The van der Waals surface area contributed by atoms with Crippen molar-refractivity contribution in [3.8, 4) is 17.1 Å². The molecule has 1 heterocycles. The molecule has 1 aliphatic rings. The van der Waals surface area contributed by atoms with Crippen LogP contribution in [0.3, 0.4) is 0 Å². The summed E-state index contributed by atoms with van der Waals surface area (Å²) >= 11 is 0. The average Bonchev–Trinajstić information content (AvgIpc) is 3.31. The van der Waals surface area contributed by atoms with Gasteiger partial charge in [-0.25, -0.2) is 9.97 Å². The third-order valence-corrected chi connectivity index (χ3v) is 3.33. The van der Waals surface area contributed by atoms with Crippen LogP contribution in [0.25, 0.3) is 11.4 Å². The number of nitrogens with one attached hydrogen (secondary N) is 1. The van der Waals surface area contributed by atoms with E-state index >= 15 is 0 Å². The summed E-state index contributed by atoms with van der Waals surface area (Å²) in [5, 5.41) is 3.11. The molecule has 1 aromatic carbocycles. The zero-order valence-electron chi connectivity index (χ0n) is 11.2. The van der Waals surface area contributed by atoms with Gasteiger partial charge in [0.05, 0.1) is 7.11 Å². The third kappa shape index (κ3) is 2.52. The van der Waals surface area contributed by atoms with E-state index in [0.29, 0.717) is 5.92 Å². The number of anilines is 1. The maximum atomic E-state index is 5.25. The first-order valence-corrected chi connectivity index (χ1v) is 6.51. The van der Waals surface area contributed by atoms with E-state index < -0.39 is 0 Å². The van der Waals surface area contributed by atoms with Crippen molar-refractivity contribution in [2.24, 2.45) is 0 Å². The lowest BCUT2D eigenvalue weighted by Gasteiger charge is -2.08. The SMILES string of the molecule is CNc1cc(C2CC2)nc(-c2cccc(OC)c2)n1. The quantitative estimate of drug-likeness (QED) is 0.912. The fraction of sp³-hybridized carbons (Fsp3) is 0.333. The van der Waals surface area contributed by atoms with Crippen molar-refractivity contribution < 1.29 is 4.74 Å². The van der Waals surface area contributed by atoms with Gasteiger partial charge in [0.25, 0.3) is 0 Å². The summed E-state index contributed by atoms with van der Waals surface area (Å²) in [4.78, 5) is 9.21. The minimum atomic E-state index is 0.611. The molecule has 4 heteroatoms. The lowest BCUT2D eigenvalue weighted by atomic mass is 10.2. The Morgan fingerprint density at radius 2 is 2.05 bits per heavy atom. The minimum absolute atomic E-state index is 0.611. The maximum Gasteiger partial charge on any atom is 0.161 e. The van der Waals surface area contributed by atoms with Crippen LogP contribution in [-0.2, 0) is 0 Å². The zero-order chi connectivity index (χ0) is 13.2. The number of methoxy groups -OCH3 is 1. The maximum absolute atomic E-state index is 5.25. The molecule has 1 aromatic heterocycles. The summed E-state index contributed by atoms with van der Waals surface area (Å²) in [6.45, 7) is 0. The number of benzene rings is 1. The number of aromatic nitrogens is 2. The molecular formula is C15H17N3O. The van der Waals surface area contributed by atoms with Gasteiger partial charge in [0.15, 0.2) is 5.82 Å². The van der Waals surface area contributed by atoms with Gasteiger partial charge in [-0.15, -0.1) is 0 Å². The fourth-order valence-corrected chi connectivity index (χ4v) is 2.07. The van der Waals surface area contributed by atoms with E-state index in [0.717, 1.165) is 28.6 Å². The molecule has 4 nitrogen and oxygen atoms in total. The van der Waals surface area contributed by atoms with Crippen LogP contribution in [0.15, 0.2) is 30.3 Å². The lowest BCUT2D eigenvalue weighted by molar-refractivity contribution is 0.415. The van der Waals surface area contributed by atoms with Crippen LogP contribution in [0.2, 0.25) is 0 Å². The molecule has 0 bridgehead atoms. The van der Waals surface area contributed by atoms with Crippen LogP contribution in [0.5, 0.6) is 5.75 Å². The summed E-state index contributed by atoms with van der Waals surface area (Å²) in [5.74, 6) is 3.06. The molecule has 0 spiro atoms. The summed E-state index contributed by atoms with van der Waals surface area (Å²) in [6.07, 6.45) is 2.47. The van der Waals surface area contributed by atoms with E-state index in [2.05, 4.69) is 15.3 Å². The molecule has 0 unspecified atom stereocenters. The number of rotatable bonds is 4. The van der Waals surface area contributed by atoms with Crippen LogP contribution in [0, 0.1) is 0 Å².